The van der Waals surface area contributed by atoms with E-state index in [0.29, 0.717) is 3.92 Å². The minimum absolute atomic E-state index is 0.0377. The Morgan fingerprint density at radius 2 is 1.51 bits per heavy atom. The van der Waals surface area contributed by atoms with E-state index < -0.39 is 39.9 Å². The molecule has 15 heteroatoms. The molecule has 0 unspecified atom stereocenters. The summed E-state index contributed by atoms with van der Waals surface area (Å²) in [5, 5.41) is 26.8. The number of sulfonamides is 1. The molecule has 0 aliphatic heterocycles. The molecule has 0 aliphatic carbocycles. The number of amides is 3. The van der Waals surface area contributed by atoms with E-state index in [9.17, 15) is 27.9 Å². The summed E-state index contributed by atoms with van der Waals surface area (Å²) >= 11 is 4.21. The molecule has 0 saturated carbocycles. The summed E-state index contributed by atoms with van der Waals surface area (Å²) in [4.78, 5) is 40.0. The Kier molecular flexibility index (Phi) is 11.0. The van der Waals surface area contributed by atoms with Gasteiger partial charge in [0.25, 0.3) is 17.7 Å². The highest BCUT2D eigenvalue weighted by molar-refractivity contribution is 9.11. The zero-order valence-corrected chi connectivity index (χ0v) is 27.7. The van der Waals surface area contributed by atoms with Crippen molar-refractivity contribution in [3.05, 3.63) is 105 Å². The summed E-state index contributed by atoms with van der Waals surface area (Å²) < 4.78 is 26.2. The minimum atomic E-state index is -3.76. The van der Waals surface area contributed by atoms with Gasteiger partial charge in [-0.15, -0.1) is 10.2 Å². The molecule has 0 radical (unpaired) electrons. The van der Waals surface area contributed by atoms with Crippen LogP contribution in [0.1, 0.15) is 44.8 Å². The van der Waals surface area contributed by atoms with Gasteiger partial charge in [-0.1, -0.05) is 72.0 Å². The number of benzene rings is 3. The van der Waals surface area contributed by atoms with Crippen LogP contribution in [0.5, 0.6) is 0 Å². The van der Waals surface area contributed by atoms with E-state index in [0.717, 1.165) is 33.0 Å². The lowest BCUT2D eigenvalue weighted by atomic mass is 9.99. The second-order valence-corrected chi connectivity index (χ2v) is 14.4. The molecule has 1 aromatic heterocycles. The van der Waals surface area contributed by atoms with Crippen LogP contribution in [0.3, 0.4) is 0 Å². The predicted molar refractivity (Wildman–Crippen MR) is 176 cm³/mol. The van der Waals surface area contributed by atoms with Crippen LogP contribution in [0.15, 0.2) is 82.8 Å². The third kappa shape index (κ3) is 9.17. The quantitative estimate of drug-likeness (QED) is 0.173. The highest BCUT2D eigenvalue weighted by Crippen LogP contribution is 2.23. The molecule has 12 nitrogen and oxygen atoms in total. The van der Waals surface area contributed by atoms with Crippen molar-refractivity contribution < 1.29 is 27.9 Å². The summed E-state index contributed by atoms with van der Waals surface area (Å²) in [7, 11) is -2.46. The van der Waals surface area contributed by atoms with Gasteiger partial charge in [0.2, 0.25) is 15.2 Å². The highest BCUT2D eigenvalue weighted by Gasteiger charge is 2.30. The first-order chi connectivity index (χ1) is 21.3. The van der Waals surface area contributed by atoms with Gasteiger partial charge >= 0.3 is 0 Å². The molecule has 0 spiro atoms. The number of hydrogen-bond acceptors (Lipinski definition) is 9. The van der Waals surface area contributed by atoms with Gasteiger partial charge in [0.15, 0.2) is 10.0 Å². The first-order valence-electron chi connectivity index (χ1n) is 13.6. The van der Waals surface area contributed by atoms with Crippen molar-refractivity contribution in [2.75, 3.05) is 22.9 Å². The van der Waals surface area contributed by atoms with Crippen LogP contribution in [-0.4, -0.2) is 66.9 Å². The topological polar surface area (TPSA) is 171 Å². The maximum Gasteiger partial charge on any atom is 0.257 e. The van der Waals surface area contributed by atoms with Crippen LogP contribution < -0.4 is 20.3 Å². The smallest absolute Gasteiger partial charge is 0.257 e. The Morgan fingerprint density at radius 1 is 0.933 bits per heavy atom. The fourth-order valence-electron chi connectivity index (χ4n) is 4.33. The number of aromatic nitrogens is 2. The third-order valence-electron chi connectivity index (χ3n) is 6.85. The molecule has 4 N–H and O–H groups in total. The molecule has 3 amide bonds. The Balaban J connectivity index is 1.64. The zero-order chi connectivity index (χ0) is 32.7. The molecule has 4 aromatic rings. The van der Waals surface area contributed by atoms with Gasteiger partial charge in [-0.05, 0) is 58.6 Å². The summed E-state index contributed by atoms with van der Waals surface area (Å²) in [5.41, 5.74) is 1.64. The average molecular weight is 716 g/mol. The molecule has 0 bridgehead atoms. The summed E-state index contributed by atoms with van der Waals surface area (Å²) in [5.74, 6) is -2.09. The molecular weight excluding hydrogens is 684 g/mol. The molecule has 0 aliphatic rings. The van der Waals surface area contributed by atoms with E-state index in [1.165, 1.54) is 25.2 Å². The first-order valence-corrected chi connectivity index (χ1v) is 17.0. The molecule has 3 aromatic carbocycles. The zero-order valence-electron chi connectivity index (χ0n) is 24.5. The van der Waals surface area contributed by atoms with Crippen molar-refractivity contribution in [1.29, 1.82) is 0 Å². The second-order valence-electron chi connectivity index (χ2n) is 10.2. The lowest BCUT2D eigenvalue weighted by molar-refractivity contribution is -0.125. The van der Waals surface area contributed by atoms with Crippen LogP contribution >= 0.6 is 27.3 Å². The largest absolute Gasteiger partial charge is 0.381 e. The van der Waals surface area contributed by atoms with E-state index in [1.807, 2.05) is 36.4 Å². The number of carbonyl (C=O) groups excluding carboxylic acids is 3. The molecule has 236 valence electrons. The number of anilines is 2. The Hall–Kier alpha value is -4.18. The Labute approximate surface area is 273 Å². The Bertz CT molecular complexity index is 1770. The van der Waals surface area contributed by atoms with Gasteiger partial charge in [-0.25, -0.2) is 8.42 Å². The number of aliphatic hydroxyl groups excluding tert-OH is 1. The van der Waals surface area contributed by atoms with Crippen molar-refractivity contribution in [1.82, 2.24) is 20.8 Å². The molecule has 3 atom stereocenters. The van der Waals surface area contributed by atoms with Gasteiger partial charge < -0.3 is 15.7 Å². The number of aliphatic hydroxyl groups is 1. The molecule has 0 saturated heterocycles. The van der Waals surface area contributed by atoms with E-state index in [4.69, 9.17) is 0 Å². The fourth-order valence-corrected chi connectivity index (χ4v) is 5.83. The van der Waals surface area contributed by atoms with Crippen LogP contribution in [0.2, 0.25) is 0 Å². The monoisotopic (exact) mass is 714 g/mol. The Morgan fingerprint density at radius 3 is 2.07 bits per heavy atom. The van der Waals surface area contributed by atoms with Gasteiger partial charge in [0.1, 0.15) is 0 Å². The van der Waals surface area contributed by atoms with Crippen LogP contribution in [0.25, 0.3) is 0 Å². The maximum absolute atomic E-state index is 13.7. The molecular formula is C30H31BrN6O6S2. The maximum atomic E-state index is 13.7. The number of carbonyl (C=O) groups is 3. The van der Waals surface area contributed by atoms with Gasteiger partial charge in [-0.2, -0.15) is 0 Å². The minimum Gasteiger partial charge on any atom is -0.381 e. The van der Waals surface area contributed by atoms with Gasteiger partial charge in [0.05, 0.1) is 24.0 Å². The molecule has 1 heterocycles. The highest BCUT2D eigenvalue weighted by atomic mass is 79.9. The standard InChI is InChI=1S/C30H31BrN6O6S2/c1-18(20-12-8-5-9-13-20)32-26(39)21-15-22(17-23(16-21)37(2)45(3,42)43)27(40)33-24(14-19-10-6-4-7-11-19)25(38)28(41)34-30-36-35-29(31)44-30/h4-13,15-18,24-25,38H,14H2,1-3H3,(H,32,39)(H,33,40)(H,34,36,41)/t18-,24+,25-/m1/s1. The van der Waals surface area contributed by atoms with E-state index in [-0.39, 0.29) is 34.4 Å². The van der Waals surface area contributed by atoms with Crippen molar-refractivity contribution in [3.63, 3.8) is 0 Å². The van der Waals surface area contributed by atoms with Gasteiger partial charge in [-0.3, -0.25) is 24.0 Å². The van der Waals surface area contributed by atoms with Crippen LogP contribution in [0, 0.1) is 0 Å². The molecule has 45 heavy (non-hydrogen) atoms. The number of halogens is 1. The number of rotatable bonds is 12. The SMILES string of the molecule is C[C@@H](NC(=O)c1cc(C(=O)N[C@@H](Cc2ccccc2)[C@@H](O)C(=O)Nc2nnc(Br)s2)cc(N(C)S(C)(=O)=O)c1)c1ccccc1. The number of nitrogens with zero attached hydrogens (tertiary/aromatic N) is 3. The normalized spacial score (nSPS) is 13.3. The van der Waals surface area contributed by atoms with E-state index in [2.05, 4.69) is 42.1 Å². The third-order valence-corrected chi connectivity index (χ3v) is 9.32. The van der Waals surface area contributed by atoms with Crippen LogP contribution in [0.4, 0.5) is 10.8 Å². The van der Waals surface area contributed by atoms with E-state index >= 15 is 0 Å². The molecule has 0 fully saturated rings. The van der Waals surface area contributed by atoms with Gasteiger partial charge in [0, 0.05) is 18.2 Å². The summed E-state index contributed by atoms with van der Waals surface area (Å²) in [6.45, 7) is 1.80. The summed E-state index contributed by atoms with van der Waals surface area (Å²) in [6.07, 6.45) is -0.641. The van der Waals surface area contributed by atoms with Crippen molar-refractivity contribution in [3.8, 4) is 0 Å². The number of hydrogen-bond donors (Lipinski definition) is 4. The average Bonchev–Trinajstić information content (AvgIpc) is 3.44. The first kappa shape index (κ1) is 33.7. The lowest BCUT2D eigenvalue weighted by Crippen LogP contribution is -2.50. The fraction of sp³-hybridized carbons (Fsp3) is 0.233. The predicted octanol–water partition coefficient (Wildman–Crippen LogP) is 3.53. The van der Waals surface area contributed by atoms with E-state index in [1.54, 1.807) is 31.2 Å². The number of nitrogens with one attached hydrogen (secondary N) is 3. The second kappa shape index (κ2) is 14.7. The van der Waals surface area contributed by atoms with Crippen LogP contribution in [-0.2, 0) is 21.2 Å². The van der Waals surface area contributed by atoms with Crippen molar-refractivity contribution in [2.45, 2.75) is 31.5 Å². The summed E-state index contributed by atoms with van der Waals surface area (Å²) in [6, 6.07) is 20.7. The van der Waals surface area contributed by atoms with Crippen molar-refractivity contribution >= 4 is 65.8 Å². The molecule has 4 rings (SSSR count). The lowest BCUT2D eigenvalue weighted by Gasteiger charge is -2.24. The van der Waals surface area contributed by atoms with Crippen molar-refractivity contribution in [2.24, 2.45) is 0 Å².